The lowest BCUT2D eigenvalue weighted by atomic mass is 9.93. The zero-order chi connectivity index (χ0) is 10.8. The van der Waals surface area contributed by atoms with Gasteiger partial charge in [-0.2, -0.15) is 0 Å². The molecule has 0 radical (unpaired) electrons. The number of nitrogens with one attached hydrogen (secondary N) is 1. The van der Waals surface area contributed by atoms with Crippen LogP contribution >= 0.6 is 0 Å². The van der Waals surface area contributed by atoms with Gasteiger partial charge in [-0.15, -0.1) is 0 Å². The third kappa shape index (κ3) is 1.93. The van der Waals surface area contributed by atoms with Crippen molar-refractivity contribution in [2.75, 3.05) is 44.3 Å². The van der Waals surface area contributed by atoms with Gasteiger partial charge in [-0.25, -0.2) is 0 Å². The molecule has 0 aromatic heterocycles. The van der Waals surface area contributed by atoms with Crippen molar-refractivity contribution < 1.29 is 4.74 Å². The summed E-state index contributed by atoms with van der Waals surface area (Å²) in [5, 5.41) is 3.31. The predicted octanol–water partition coefficient (Wildman–Crippen LogP) is 1.21. The third-order valence-electron chi connectivity index (χ3n) is 3.52. The highest BCUT2D eigenvalue weighted by Gasteiger charge is 2.19. The largest absolute Gasteiger partial charge is 0.378 e. The van der Waals surface area contributed by atoms with Gasteiger partial charge in [0.1, 0.15) is 0 Å². The zero-order valence-electron chi connectivity index (χ0n) is 9.48. The molecule has 3 rings (SSSR count). The smallest absolute Gasteiger partial charge is 0.0642 e. The van der Waals surface area contributed by atoms with Crippen LogP contribution in [0.1, 0.15) is 11.5 Å². The van der Waals surface area contributed by atoms with Crippen LogP contribution in [0.5, 0.6) is 0 Å². The van der Waals surface area contributed by atoms with Crippen LogP contribution in [-0.2, 0) is 4.74 Å². The summed E-state index contributed by atoms with van der Waals surface area (Å²) in [5.74, 6) is 0.735. The molecule has 0 bridgehead atoms. The average molecular weight is 218 g/mol. The van der Waals surface area contributed by atoms with Gasteiger partial charge in [-0.3, -0.25) is 0 Å². The van der Waals surface area contributed by atoms with Gasteiger partial charge in [-0.1, -0.05) is 12.1 Å². The van der Waals surface area contributed by atoms with E-state index in [-0.39, 0.29) is 0 Å². The molecule has 1 aromatic carbocycles. The number of ether oxygens (including phenoxy) is 1. The van der Waals surface area contributed by atoms with Crippen molar-refractivity contribution in [1.82, 2.24) is 5.32 Å². The molecule has 86 valence electrons. The lowest BCUT2D eigenvalue weighted by molar-refractivity contribution is 0.122. The number of nitrogens with zero attached hydrogens (tertiary/aromatic N) is 1. The van der Waals surface area contributed by atoms with Crippen molar-refractivity contribution in [1.29, 1.82) is 0 Å². The fourth-order valence-electron chi connectivity index (χ4n) is 2.30. The van der Waals surface area contributed by atoms with Gasteiger partial charge in [0.15, 0.2) is 0 Å². The van der Waals surface area contributed by atoms with E-state index in [4.69, 9.17) is 4.74 Å². The summed E-state index contributed by atoms with van der Waals surface area (Å²) in [5.41, 5.74) is 2.80. The van der Waals surface area contributed by atoms with E-state index < -0.39 is 0 Å². The molecule has 0 aliphatic carbocycles. The number of hydrogen-bond acceptors (Lipinski definition) is 3. The van der Waals surface area contributed by atoms with Crippen molar-refractivity contribution >= 4 is 5.69 Å². The molecule has 3 heteroatoms. The highest BCUT2D eigenvalue weighted by Crippen LogP contribution is 2.23. The van der Waals surface area contributed by atoms with E-state index >= 15 is 0 Å². The highest BCUT2D eigenvalue weighted by atomic mass is 16.5. The second kappa shape index (κ2) is 4.44. The second-order valence-corrected chi connectivity index (χ2v) is 4.55. The van der Waals surface area contributed by atoms with Crippen LogP contribution in [-0.4, -0.2) is 39.4 Å². The number of rotatable bonds is 2. The molecule has 2 aliphatic heterocycles. The van der Waals surface area contributed by atoms with Gasteiger partial charge in [0.25, 0.3) is 0 Å². The summed E-state index contributed by atoms with van der Waals surface area (Å²) in [7, 11) is 0. The van der Waals surface area contributed by atoms with Gasteiger partial charge in [0, 0.05) is 37.8 Å². The van der Waals surface area contributed by atoms with E-state index in [1.165, 1.54) is 11.3 Å². The topological polar surface area (TPSA) is 24.5 Å². The van der Waals surface area contributed by atoms with Gasteiger partial charge in [-0.05, 0) is 17.7 Å². The van der Waals surface area contributed by atoms with Crippen molar-refractivity contribution in [2.24, 2.45) is 0 Å². The Balaban J connectivity index is 1.70. The van der Waals surface area contributed by atoms with Crippen LogP contribution in [0.3, 0.4) is 0 Å². The van der Waals surface area contributed by atoms with Crippen LogP contribution < -0.4 is 10.2 Å². The third-order valence-corrected chi connectivity index (χ3v) is 3.52. The summed E-state index contributed by atoms with van der Waals surface area (Å²) in [6, 6.07) is 9.05. The molecule has 1 N–H and O–H groups in total. The molecule has 2 aliphatic rings. The van der Waals surface area contributed by atoms with E-state index in [1.54, 1.807) is 0 Å². The Labute approximate surface area is 96.4 Å². The SMILES string of the molecule is c1cc(N2CCOCC2)ccc1C1CNC1. The van der Waals surface area contributed by atoms with Gasteiger partial charge in [0.05, 0.1) is 13.2 Å². The Morgan fingerprint density at radius 1 is 1.06 bits per heavy atom. The first-order chi connectivity index (χ1) is 7.93. The molecule has 16 heavy (non-hydrogen) atoms. The highest BCUT2D eigenvalue weighted by molar-refractivity contribution is 5.48. The summed E-state index contributed by atoms with van der Waals surface area (Å²) >= 11 is 0. The van der Waals surface area contributed by atoms with Crippen LogP contribution in [0.25, 0.3) is 0 Å². The molecule has 2 saturated heterocycles. The Bertz CT molecular complexity index is 339. The molecule has 2 heterocycles. The fourth-order valence-corrected chi connectivity index (χ4v) is 2.30. The van der Waals surface area contributed by atoms with Crippen LogP contribution in [0.15, 0.2) is 24.3 Å². The normalized spacial score (nSPS) is 21.9. The van der Waals surface area contributed by atoms with Gasteiger partial charge in [0.2, 0.25) is 0 Å². The molecule has 2 fully saturated rings. The molecule has 0 saturated carbocycles. The van der Waals surface area contributed by atoms with Crippen LogP contribution in [0.4, 0.5) is 5.69 Å². The summed E-state index contributed by atoms with van der Waals surface area (Å²) in [6.07, 6.45) is 0. The molecule has 1 aromatic rings. The van der Waals surface area contributed by atoms with E-state index in [0.717, 1.165) is 45.3 Å². The second-order valence-electron chi connectivity index (χ2n) is 4.55. The van der Waals surface area contributed by atoms with E-state index in [9.17, 15) is 0 Å². The summed E-state index contributed by atoms with van der Waals surface area (Å²) in [6.45, 7) is 6.02. The lowest BCUT2D eigenvalue weighted by Crippen LogP contribution is -2.40. The molecule has 0 amide bonds. The maximum atomic E-state index is 5.36. The molecule has 0 atom stereocenters. The van der Waals surface area contributed by atoms with Gasteiger partial charge < -0.3 is 15.0 Å². The van der Waals surface area contributed by atoms with Gasteiger partial charge >= 0.3 is 0 Å². The molecule has 3 nitrogen and oxygen atoms in total. The number of morpholine rings is 1. The van der Waals surface area contributed by atoms with Crippen molar-refractivity contribution in [3.8, 4) is 0 Å². The maximum Gasteiger partial charge on any atom is 0.0642 e. The monoisotopic (exact) mass is 218 g/mol. The van der Waals surface area contributed by atoms with Crippen molar-refractivity contribution in [3.63, 3.8) is 0 Å². The molecule has 0 unspecified atom stereocenters. The zero-order valence-corrected chi connectivity index (χ0v) is 9.48. The molecule has 0 spiro atoms. The van der Waals surface area contributed by atoms with E-state index in [0.29, 0.717) is 0 Å². The summed E-state index contributed by atoms with van der Waals surface area (Å²) < 4.78 is 5.36. The first kappa shape index (κ1) is 10.1. The van der Waals surface area contributed by atoms with E-state index in [1.807, 2.05) is 0 Å². The maximum absolute atomic E-state index is 5.36. The molecular formula is C13H18N2O. The quantitative estimate of drug-likeness (QED) is 0.807. The molecular weight excluding hydrogens is 200 g/mol. The fraction of sp³-hybridized carbons (Fsp3) is 0.538. The minimum absolute atomic E-state index is 0.735. The minimum atomic E-state index is 0.735. The standard InChI is InChI=1S/C13H18N2O/c1-3-13(15-5-7-16-8-6-15)4-2-11(1)12-9-14-10-12/h1-4,12,14H,5-10H2. The van der Waals surface area contributed by atoms with Crippen LogP contribution in [0, 0.1) is 0 Å². The number of anilines is 1. The van der Waals surface area contributed by atoms with E-state index in [2.05, 4.69) is 34.5 Å². The minimum Gasteiger partial charge on any atom is -0.378 e. The Kier molecular flexibility index (Phi) is 2.80. The Morgan fingerprint density at radius 2 is 1.75 bits per heavy atom. The number of hydrogen-bond donors (Lipinski definition) is 1. The first-order valence-electron chi connectivity index (χ1n) is 6.07. The lowest BCUT2D eigenvalue weighted by Gasteiger charge is -2.30. The predicted molar refractivity (Wildman–Crippen MR) is 65.1 cm³/mol. The summed E-state index contributed by atoms with van der Waals surface area (Å²) in [4.78, 5) is 2.40. The van der Waals surface area contributed by atoms with Crippen molar-refractivity contribution in [3.05, 3.63) is 29.8 Å². The average Bonchev–Trinajstić information content (AvgIpc) is 2.29. The Hall–Kier alpha value is -1.06. The Morgan fingerprint density at radius 3 is 2.31 bits per heavy atom. The number of benzene rings is 1. The van der Waals surface area contributed by atoms with Crippen molar-refractivity contribution in [2.45, 2.75) is 5.92 Å². The first-order valence-corrected chi connectivity index (χ1v) is 6.07. The van der Waals surface area contributed by atoms with Crippen LogP contribution in [0.2, 0.25) is 0 Å².